The van der Waals surface area contributed by atoms with E-state index < -0.39 is 11.3 Å². The molecule has 1 aromatic rings. The molecule has 0 aromatic carbocycles. The molecule has 1 saturated heterocycles. The van der Waals surface area contributed by atoms with Crippen molar-refractivity contribution in [1.29, 1.82) is 0 Å². The Kier molecular flexibility index (Phi) is 4.53. The molecule has 8 nitrogen and oxygen atoms in total. The van der Waals surface area contributed by atoms with E-state index >= 15 is 0 Å². The molecule has 1 unspecified atom stereocenters. The quantitative estimate of drug-likeness (QED) is 0.743. The smallest absolute Gasteiger partial charge is 0.266 e. The minimum atomic E-state index is -0.480. The van der Waals surface area contributed by atoms with Crippen molar-refractivity contribution < 1.29 is 19.1 Å². The first-order valence-electron chi connectivity index (χ1n) is 7.70. The van der Waals surface area contributed by atoms with Crippen molar-refractivity contribution >= 4 is 17.5 Å². The Morgan fingerprint density at radius 3 is 2.91 bits per heavy atom. The maximum atomic E-state index is 12.4. The van der Waals surface area contributed by atoms with Crippen LogP contribution in [0.25, 0.3) is 0 Å². The van der Waals surface area contributed by atoms with E-state index in [1.54, 1.807) is 0 Å². The highest BCUT2D eigenvalue weighted by molar-refractivity contribution is 6.18. The van der Waals surface area contributed by atoms with Gasteiger partial charge in [-0.25, -0.2) is 4.98 Å². The Bertz CT molecular complexity index is 678. The number of ether oxygens (including phenoxy) is 2. The summed E-state index contributed by atoms with van der Waals surface area (Å²) >= 11 is 0. The summed E-state index contributed by atoms with van der Waals surface area (Å²) in [6, 6.07) is 0. The summed E-state index contributed by atoms with van der Waals surface area (Å²) in [5.74, 6) is -0.708. The van der Waals surface area contributed by atoms with Crippen LogP contribution in [0.4, 0.5) is 5.82 Å². The van der Waals surface area contributed by atoms with Crippen LogP contribution in [0.1, 0.15) is 36.0 Å². The zero-order valence-corrected chi connectivity index (χ0v) is 13.0. The minimum absolute atomic E-state index is 0.0245. The van der Waals surface area contributed by atoms with E-state index in [4.69, 9.17) is 9.47 Å². The maximum Gasteiger partial charge on any atom is 0.266 e. The highest BCUT2D eigenvalue weighted by atomic mass is 16.7. The summed E-state index contributed by atoms with van der Waals surface area (Å²) in [4.78, 5) is 41.4. The lowest BCUT2D eigenvalue weighted by Crippen LogP contribution is -2.41. The minimum Gasteiger partial charge on any atom is -0.353 e. The average Bonchev–Trinajstić information content (AvgIpc) is 2.55. The molecule has 124 valence electrons. The Balaban J connectivity index is 1.72. The van der Waals surface area contributed by atoms with Gasteiger partial charge in [-0.05, 0) is 19.3 Å². The summed E-state index contributed by atoms with van der Waals surface area (Å²) in [6.07, 6.45) is 3.78. The zero-order valence-electron chi connectivity index (χ0n) is 13.0. The van der Waals surface area contributed by atoms with Crippen molar-refractivity contribution in [3.8, 4) is 0 Å². The molecule has 0 spiro atoms. The number of aromatic nitrogens is 2. The van der Waals surface area contributed by atoms with Gasteiger partial charge >= 0.3 is 0 Å². The molecular weight excluding hydrogens is 302 g/mol. The number of rotatable bonds is 4. The fraction of sp³-hybridized carbons (Fsp3) is 0.600. The van der Waals surface area contributed by atoms with Crippen molar-refractivity contribution in [1.82, 2.24) is 9.55 Å². The number of hydrogen-bond acceptors (Lipinski definition) is 6. The Labute approximate surface area is 133 Å². The molecule has 2 aliphatic heterocycles. The van der Waals surface area contributed by atoms with Gasteiger partial charge in [-0.15, -0.1) is 0 Å². The van der Waals surface area contributed by atoms with E-state index in [1.807, 2.05) is 0 Å². The van der Waals surface area contributed by atoms with Crippen LogP contribution in [0.2, 0.25) is 0 Å². The molecule has 2 aliphatic rings. The maximum absolute atomic E-state index is 12.4. The van der Waals surface area contributed by atoms with Gasteiger partial charge in [0.25, 0.3) is 5.56 Å². The fourth-order valence-electron chi connectivity index (χ4n) is 2.73. The van der Waals surface area contributed by atoms with Crippen molar-refractivity contribution in [3.63, 3.8) is 0 Å². The Hall–Kier alpha value is -2.06. The van der Waals surface area contributed by atoms with E-state index in [9.17, 15) is 14.4 Å². The number of carbonyl (C=O) groups is 2. The lowest BCUT2D eigenvalue weighted by Gasteiger charge is -2.24. The third-order valence-corrected chi connectivity index (χ3v) is 4.07. The topological polar surface area (TPSA) is 90.7 Å². The van der Waals surface area contributed by atoms with Gasteiger partial charge in [-0.1, -0.05) is 0 Å². The molecular formula is C15H19N3O5. The van der Waals surface area contributed by atoms with Gasteiger partial charge in [0, 0.05) is 13.7 Å². The average molecular weight is 321 g/mol. The molecule has 0 bridgehead atoms. The molecule has 0 N–H and O–H groups in total. The van der Waals surface area contributed by atoms with Gasteiger partial charge in [0.2, 0.25) is 5.91 Å². The Morgan fingerprint density at radius 1 is 1.35 bits per heavy atom. The molecule has 1 atom stereocenters. The second-order valence-electron chi connectivity index (χ2n) is 5.66. The van der Waals surface area contributed by atoms with Crippen LogP contribution >= 0.6 is 0 Å². The number of Topliss-reactive ketones (excluding diaryl/α,β-unsaturated/α-hetero) is 1. The molecule has 1 fully saturated rings. The monoisotopic (exact) mass is 321 g/mol. The van der Waals surface area contributed by atoms with Gasteiger partial charge in [0.1, 0.15) is 5.56 Å². The fourth-order valence-corrected chi connectivity index (χ4v) is 2.73. The highest BCUT2D eigenvalue weighted by Crippen LogP contribution is 2.20. The second kappa shape index (κ2) is 6.59. The number of nitrogens with zero attached hydrogens (tertiary/aromatic N) is 3. The van der Waals surface area contributed by atoms with Crippen LogP contribution in [0.15, 0.2) is 11.1 Å². The van der Waals surface area contributed by atoms with Crippen LogP contribution in [-0.4, -0.2) is 47.8 Å². The van der Waals surface area contributed by atoms with Gasteiger partial charge in [-0.3, -0.25) is 23.9 Å². The van der Waals surface area contributed by atoms with Crippen LogP contribution in [0, 0.1) is 0 Å². The number of carbonyl (C=O) groups excluding carboxylic acids is 2. The van der Waals surface area contributed by atoms with E-state index in [1.165, 1.54) is 22.8 Å². The van der Waals surface area contributed by atoms with Crippen LogP contribution in [-0.2, 0) is 20.8 Å². The van der Waals surface area contributed by atoms with Crippen LogP contribution in [0.5, 0.6) is 0 Å². The molecule has 0 aliphatic carbocycles. The number of amides is 1. The largest absolute Gasteiger partial charge is 0.353 e. The van der Waals surface area contributed by atoms with Crippen molar-refractivity contribution in [2.75, 3.05) is 25.2 Å². The molecule has 3 heterocycles. The Morgan fingerprint density at radius 2 is 2.17 bits per heavy atom. The number of hydrogen-bond donors (Lipinski definition) is 0. The van der Waals surface area contributed by atoms with Gasteiger partial charge in [0.15, 0.2) is 17.9 Å². The first-order chi connectivity index (χ1) is 11.1. The standard InChI is InChI=1S/C15H19N3O5/c1-17-11(20)8-10(19)13-14(17)16-9-18(15(13)21)5-7-23-12-4-2-3-6-22-12/h9,12H,2-8H2,1H3. The summed E-state index contributed by atoms with van der Waals surface area (Å²) < 4.78 is 12.4. The van der Waals surface area contributed by atoms with Crippen LogP contribution in [0.3, 0.4) is 0 Å². The van der Waals surface area contributed by atoms with Crippen molar-refractivity contribution in [3.05, 3.63) is 22.2 Å². The van der Waals surface area contributed by atoms with Gasteiger partial charge < -0.3 is 9.47 Å². The second-order valence-corrected chi connectivity index (χ2v) is 5.66. The molecule has 1 aromatic heterocycles. The predicted octanol–water partition coefficient (Wildman–Crippen LogP) is 0.336. The third-order valence-electron chi connectivity index (χ3n) is 4.07. The van der Waals surface area contributed by atoms with Crippen molar-refractivity contribution in [2.24, 2.45) is 0 Å². The zero-order chi connectivity index (χ0) is 16.4. The molecule has 0 saturated carbocycles. The summed E-state index contributed by atoms with van der Waals surface area (Å²) in [7, 11) is 1.51. The summed E-state index contributed by atoms with van der Waals surface area (Å²) in [5, 5.41) is 0. The SMILES string of the molecule is CN1C(=O)CC(=O)c2c1ncn(CCOC1CCCCO1)c2=O. The number of fused-ring (bicyclic) bond motifs is 1. The summed E-state index contributed by atoms with van der Waals surface area (Å²) in [6.45, 7) is 1.28. The molecule has 23 heavy (non-hydrogen) atoms. The van der Waals surface area contributed by atoms with Crippen LogP contribution < -0.4 is 10.5 Å². The highest BCUT2D eigenvalue weighted by Gasteiger charge is 2.31. The van der Waals surface area contributed by atoms with E-state index in [0.29, 0.717) is 13.2 Å². The van der Waals surface area contributed by atoms with E-state index in [0.717, 1.165) is 19.3 Å². The molecule has 0 radical (unpaired) electrons. The van der Waals surface area contributed by atoms with Gasteiger partial charge in [0.05, 0.1) is 25.9 Å². The van der Waals surface area contributed by atoms with Crippen molar-refractivity contribution in [2.45, 2.75) is 38.5 Å². The number of anilines is 1. The number of ketones is 1. The molecule has 8 heteroatoms. The summed E-state index contributed by atoms with van der Waals surface area (Å²) in [5.41, 5.74) is -0.462. The molecule has 1 amide bonds. The first kappa shape index (κ1) is 15.8. The first-order valence-corrected chi connectivity index (χ1v) is 7.70. The lowest BCUT2D eigenvalue weighted by molar-refractivity contribution is -0.163. The molecule has 3 rings (SSSR count). The van der Waals surface area contributed by atoms with E-state index in [2.05, 4.69) is 4.98 Å². The van der Waals surface area contributed by atoms with E-state index in [-0.39, 0.29) is 36.5 Å². The lowest BCUT2D eigenvalue weighted by atomic mass is 10.1. The third kappa shape index (κ3) is 3.18. The predicted molar refractivity (Wildman–Crippen MR) is 80.4 cm³/mol. The van der Waals surface area contributed by atoms with Gasteiger partial charge in [-0.2, -0.15) is 0 Å². The normalized spacial score (nSPS) is 21.4.